The maximum Gasteiger partial charge on any atom is 0.223 e. The molecule has 0 saturated heterocycles. The van der Waals surface area contributed by atoms with E-state index >= 15 is 0 Å². The van der Waals surface area contributed by atoms with Crippen LogP contribution in [0.1, 0.15) is 11.7 Å². The molecule has 0 aliphatic carbocycles. The van der Waals surface area contributed by atoms with Gasteiger partial charge in [-0.3, -0.25) is 0 Å². The molecule has 0 unspecified atom stereocenters. The predicted molar refractivity (Wildman–Crippen MR) is 59.8 cm³/mol. The Hall–Kier alpha value is -1.26. The van der Waals surface area contributed by atoms with Crippen molar-refractivity contribution >= 4 is 23.2 Å². The summed E-state index contributed by atoms with van der Waals surface area (Å²) < 4.78 is 10.2. The number of aromatic nitrogens is 2. The van der Waals surface area contributed by atoms with Gasteiger partial charge in [0.2, 0.25) is 11.7 Å². The minimum absolute atomic E-state index is 0.207. The zero-order valence-corrected chi connectivity index (χ0v) is 9.92. The molecular weight excluding hydrogens is 251 g/mol. The van der Waals surface area contributed by atoms with Gasteiger partial charge < -0.3 is 9.26 Å². The smallest absolute Gasteiger partial charge is 0.223 e. The van der Waals surface area contributed by atoms with Gasteiger partial charge in [0.05, 0.1) is 5.02 Å². The van der Waals surface area contributed by atoms with E-state index in [2.05, 4.69) is 10.1 Å². The molecular formula is C10H8Cl2N2O2. The zero-order chi connectivity index (χ0) is 11.5. The van der Waals surface area contributed by atoms with Crippen LogP contribution in [0, 0.1) is 6.92 Å². The van der Waals surface area contributed by atoms with Crippen LogP contribution in [0.3, 0.4) is 0 Å². The molecule has 0 N–H and O–H groups in total. The Bertz CT molecular complexity index is 499. The van der Waals surface area contributed by atoms with Crippen LogP contribution in [0.4, 0.5) is 0 Å². The number of benzene rings is 1. The fourth-order valence-electron chi connectivity index (χ4n) is 1.13. The quantitative estimate of drug-likeness (QED) is 0.848. The number of nitrogens with zero attached hydrogens (tertiary/aromatic N) is 2. The van der Waals surface area contributed by atoms with Crippen molar-refractivity contribution in [2.24, 2.45) is 0 Å². The van der Waals surface area contributed by atoms with E-state index in [1.54, 1.807) is 25.1 Å². The molecule has 4 nitrogen and oxygen atoms in total. The van der Waals surface area contributed by atoms with Crippen molar-refractivity contribution in [3.63, 3.8) is 0 Å². The normalized spacial score (nSPS) is 10.4. The Balaban J connectivity index is 2.04. The van der Waals surface area contributed by atoms with E-state index < -0.39 is 0 Å². The third kappa shape index (κ3) is 2.65. The zero-order valence-electron chi connectivity index (χ0n) is 8.41. The van der Waals surface area contributed by atoms with Crippen LogP contribution in [0.5, 0.6) is 5.75 Å². The molecule has 2 aromatic rings. The third-order valence-electron chi connectivity index (χ3n) is 1.82. The second-order valence-corrected chi connectivity index (χ2v) is 3.94. The van der Waals surface area contributed by atoms with Gasteiger partial charge in [-0.05, 0) is 18.2 Å². The molecule has 0 spiro atoms. The van der Waals surface area contributed by atoms with Gasteiger partial charge in [0, 0.05) is 11.9 Å². The van der Waals surface area contributed by atoms with Gasteiger partial charge in [-0.15, -0.1) is 0 Å². The molecule has 0 amide bonds. The summed E-state index contributed by atoms with van der Waals surface area (Å²) in [6, 6.07) is 5.00. The van der Waals surface area contributed by atoms with Gasteiger partial charge in [0.15, 0.2) is 6.61 Å². The standard InChI is InChI=1S/C10H8Cl2N2O2/c1-6-13-10(14-16-6)5-15-9-3-2-7(11)4-8(9)12/h2-4H,5H2,1H3. The van der Waals surface area contributed by atoms with Crippen LogP contribution < -0.4 is 4.74 Å². The van der Waals surface area contributed by atoms with Gasteiger partial charge in [0.1, 0.15) is 5.75 Å². The molecule has 1 aromatic carbocycles. The minimum atomic E-state index is 0.207. The highest BCUT2D eigenvalue weighted by Gasteiger charge is 2.06. The summed E-state index contributed by atoms with van der Waals surface area (Å²) in [5, 5.41) is 4.71. The lowest BCUT2D eigenvalue weighted by molar-refractivity contribution is 0.286. The molecule has 0 aliphatic rings. The topological polar surface area (TPSA) is 48.2 Å². The summed E-state index contributed by atoms with van der Waals surface area (Å²) in [6.07, 6.45) is 0. The average molecular weight is 259 g/mol. The van der Waals surface area contributed by atoms with Gasteiger partial charge >= 0.3 is 0 Å². The lowest BCUT2D eigenvalue weighted by Gasteiger charge is -2.05. The van der Waals surface area contributed by atoms with Gasteiger partial charge in [-0.1, -0.05) is 28.4 Å². The van der Waals surface area contributed by atoms with E-state index in [4.69, 9.17) is 32.5 Å². The van der Waals surface area contributed by atoms with Gasteiger partial charge in [-0.2, -0.15) is 4.98 Å². The van der Waals surface area contributed by atoms with Crippen molar-refractivity contribution in [3.8, 4) is 5.75 Å². The van der Waals surface area contributed by atoms with E-state index in [0.29, 0.717) is 27.5 Å². The summed E-state index contributed by atoms with van der Waals surface area (Å²) in [5.74, 6) is 1.51. The third-order valence-corrected chi connectivity index (χ3v) is 2.35. The van der Waals surface area contributed by atoms with Crippen molar-refractivity contribution in [3.05, 3.63) is 40.0 Å². The molecule has 0 fully saturated rings. The Kier molecular flexibility index (Phi) is 3.31. The summed E-state index contributed by atoms with van der Waals surface area (Å²) in [5.41, 5.74) is 0. The van der Waals surface area contributed by atoms with Crippen LogP contribution in [-0.4, -0.2) is 10.1 Å². The van der Waals surface area contributed by atoms with Gasteiger partial charge in [-0.25, -0.2) is 0 Å². The van der Waals surface area contributed by atoms with E-state index in [-0.39, 0.29) is 6.61 Å². The van der Waals surface area contributed by atoms with Crippen LogP contribution in [0.15, 0.2) is 22.7 Å². The van der Waals surface area contributed by atoms with E-state index in [0.717, 1.165) is 0 Å². The minimum Gasteiger partial charge on any atom is -0.484 e. The first-order chi connectivity index (χ1) is 7.65. The second kappa shape index (κ2) is 4.72. The first-order valence-corrected chi connectivity index (χ1v) is 5.28. The van der Waals surface area contributed by atoms with Crippen molar-refractivity contribution in [1.29, 1.82) is 0 Å². The molecule has 84 valence electrons. The summed E-state index contributed by atoms with van der Waals surface area (Å²) in [4.78, 5) is 4.00. The van der Waals surface area contributed by atoms with Crippen LogP contribution in [0.25, 0.3) is 0 Å². The lowest BCUT2D eigenvalue weighted by atomic mass is 10.3. The Morgan fingerprint density at radius 2 is 2.19 bits per heavy atom. The van der Waals surface area contributed by atoms with Crippen molar-refractivity contribution < 1.29 is 9.26 Å². The monoisotopic (exact) mass is 258 g/mol. The van der Waals surface area contributed by atoms with E-state index in [1.165, 1.54) is 0 Å². The van der Waals surface area contributed by atoms with E-state index in [1.807, 2.05) is 0 Å². The number of rotatable bonds is 3. The van der Waals surface area contributed by atoms with Gasteiger partial charge in [0.25, 0.3) is 0 Å². The molecule has 0 aliphatic heterocycles. The van der Waals surface area contributed by atoms with Crippen molar-refractivity contribution in [2.45, 2.75) is 13.5 Å². The maximum absolute atomic E-state index is 5.93. The SMILES string of the molecule is Cc1nc(COc2ccc(Cl)cc2Cl)no1. The highest BCUT2D eigenvalue weighted by molar-refractivity contribution is 6.35. The number of hydrogen-bond acceptors (Lipinski definition) is 4. The Morgan fingerprint density at radius 1 is 1.38 bits per heavy atom. The maximum atomic E-state index is 5.93. The Labute approximate surface area is 102 Å². The summed E-state index contributed by atoms with van der Waals surface area (Å²) >= 11 is 11.7. The first kappa shape index (κ1) is 11.2. The lowest BCUT2D eigenvalue weighted by Crippen LogP contribution is -1.97. The second-order valence-electron chi connectivity index (χ2n) is 3.09. The largest absolute Gasteiger partial charge is 0.484 e. The molecule has 16 heavy (non-hydrogen) atoms. The molecule has 1 aromatic heterocycles. The molecule has 0 bridgehead atoms. The average Bonchev–Trinajstić information content (AvgIpc) is 2.63. The first-order valence-electron chi connectivity index (χ1n) is 4.52. The number of hydrogen-bond donors (Lipinski definition) is 0. The summed E-state index contributed by atoms with van der Waals surface area (Å²) in [7, 11) is 0. The molecule has 0 saturated carbocycles. The predicted octanol–water partition coefficient (Wildman–Crippen LogP) is 3.26. The van der Waals surface area contributed by atoms with Crippen molar-refractivity contribution in [1.82, 2.24) is 10.1 Å². The highest BCUT2D eigenvalue weighted by atomic mass is 35.5. The fourth-order valence-corrected chi connectivity index (χ4v) is 1.60. The summed E-state index contributed by atoms with van der Waals surface area (Å²) in [6.45, 7) is 1.92. The molecule has 1 heterocycles. The number of ether oxygens (including phenoxy) is 1. The number of aryl methyl sites for hydroxylation is 1. The Morgan fingerprint density at radius 3 is 2.81 bits per heavy atom. The van der Waals surface area contributed by atoms with Crippen LogP contribution in [0.2, 0.25) is 10.0 Å². The molecule has 0 radical (unpaired) electrons. The highest BCUT2D eigenvalue weighted by Crippen LogP contribution is 2.27. The fraction of sp³-hybridized carbons (Fsp3) is 0.200. The van der Waals surface area contributed by atoms with E-state index in [9.17, 15) is 0 Å². The van der Waals surface area contributed by atoms with Crippen LogP contribution >= 0.6 is 23.2 Å². The van der Waals surface area contributed by atoms with Crippen molar-refractivity contribution in [2.75, 3.05) is 0 Å². The molecule has 0 atom stereocenters. The van der Waals surface area contributed by atoms with Crippen LogP contribution in [-0.2, 0) is 6.61 Å². The molecule has 6 heteroatoms. The molecule has 2 rings (SSSR count). The number of halogens is 2.